The first-order chi connectivity index (χ1) is 8.24. The van der Waals surface area contributed by atoms with Crippen LogP contribution in [0.2, 0.25) is 5.02 Å². The van der Waals surface area contributed by atoms with E-state index < -0.39 is 0 Å². The zero-order valence-corrected chi connectivity index (χ0v) is 10.5. The van der Waals surface area contributed by atoms with Crippen LogP contribution in [0.25, 0.3) is 0 Å². The highest BCUT2D eigenvalue weighted by atomic mass is 35.5. The molecule has 0 aromatic heterocycles. The quantitative estimate of drug-likeness (QED) is 0.894. The monoisotopic (exact) mass is 252 g/mol. The number of anilines is 1. The Bertz CT molecular complexity index is 389. The van der Waals surface area contributed by atoms with Crippen molar-refractivity contribution in [3.63, 3.8) is 0 Å². The molecule has 0 atom stereocenters. The van der Waals surface area contributed by atoms with Gasteiger partial charge in [-0.3, -0.25) is 4.79 Å². The Kier molecular flexibility index (Phi) is 4.40. The molecule has 4 heteroatoms. The van der Waals surface area contributed by atoms with E-state index in [1.54, 1.807) is 12.1 Å². The van der Waals surface area contributed by atoms with Gasteiger partial charge in [0.1, 0.15) is 0 Å². The lowest BCUT2D eigenvalue weighted by atomic mass is 10.3. The third-order valence-corrected chi connectivity index (χ3v) is 3.20. The molecule has 0 bridgehead atoms. The second-order valence-corrected chi connectivity index (χ2v) is 4.79. The van der Waals surface area contributed by atoms with Crippen LogP contribution in [-0.4, -0.2) is 30.4 Å². The lowest BCUT2D eigenvalue weighted by Gasteiger charge is -2.13. The van der Waals surface area contributed by atoms with Crippen LogP contribution in [-0.2, 0) is 4.79 Å². The topological polar surface area (TPSA) is 32.3 Å². The molecule has 1 aromatic carbocycles. The Hall–Kier alpha value is -1.06. The fourth-order valence-electron chi connectivity index (χ4n) is 2.06. The summed E-state index contributed by atoms with van der Waals surface area (Å²) in [6.45, 7) is 3.11. The second kappa shape index (κ2) is 6.03. The third-order valence-electron chi connectivity index (χ3n) is 2.96. The summed E-state index contributed by atoms with van der Waals surface area (Å²) < 4.78 is 0. The predicted molar refractivity (Wildman–Crippen MR) is 70.4 cm³/mol. The van der Waals surface area contributed by atoms with E-state index >= 15 is 0 Å². The fourth-order valence-corrected chi connectivity index (χ4v) is 2.25. The summed E-state index contributed by atoms with van der Waals surface area (Å²) >= 11 is 5.85. The molecule has 1 amide bonds. The molecule has 3 nitrogen and oxygen atoms in total. The van der Waals surface area contributed by atoms with Crippen molar-refractivity contribution in [1.29, 1.82) is 0 Å². The number of carbonyl (C=O) groups excluding carboxylic acids is 1. The highest BCUT2D eigenvalue weighted by molar-refractivity contribution is 6.30. The largest absolute Gasteiger partial charge is 0.326 e. The Morgan fingerprint density at radius 2 is 2.12 bits per heavy atom. The van der Waals surface area contributed by atoms with Gasteiger partial charge in [0, 0.05) is 23.7 Å². The normalized spacial score (nSPS) is 16.1. The number of likely N-dealkylation sites (tertiary alicyclic amines) is 1. The minimum atomic E-state index is 0.0548. The molecule has 1 fully saturated rings. The molecule has 0 saturated carbocycles. The lowest BCUT2D eigenvalue weighted by molar-refractivity contribution is -0.116. The standard InChI is InChI=1S/C13H17ClN2O/c14-11-4-3-5-12(10-11)15-13(17)6-9-16-7-1-2-8-16/h3-5,10H,1-2,6-9H2,(H,15,17). The van der Waals surface area contributed by atoms with Crippen molar-refractivity contribution in [2.24, 2.45) is 0 Å². The molecule has 1 heterocycles. The SMILES string of the molecule is O=C(CCN1CCCC1)Nc1cccc(Cl)c1. The number of carbonyl (C=O) groups is 1. The molecule has 2 rings (SSSR count). The third kappa shape index (κ3) is 4.02. The van der Waals surface area contributed by atoms with Crippen LogP contribution < -0.4 is 5.32 Å². The van der Waals surface area contributed by atoms with Gasteiger partial charge in [-0.1, -0.05) is 17.7 Å². The van der Waals surface area contributed by atoms with Crippen molar-refractivity contribution >= 4 is 23.2 Å². The summed E-state index contributed by atoms with van der Waals surface area (Å²) in [5.74, 6) is 0.0548. The summed E-state index contributed by atoms with van der Waals surface area (Å²) in [7, 11) is 0. The van der Waals surface area contributed by atoms with Crippen LogP contribution in [0.3, 0.4) is 0 Å². The zero-order chi connectivity index (χ0) is 12.1. The summed E-state index contributed by atoms with van der Waals surface area (Å²) in [5.41, 5.74) is 0.768. The Morgan fingerprint density at radius 3 is 2.82 bits per heavy atom. The van der Waals surface area contributed by atoms with Gasteiger partial charge in [-0.15, -0.1) is 0 Å². The first-order valence-electron chi connectivity index (χ1n) is 6.02. The van der Waals surface area contributed by atoms with Gasteiger partial charge in [-0.2, -0.15) is 0 Å². The minimum absolute atomic E-state index is 0.0548. The molecule has 0 radical (unpaired) electrons. The highest BCUT2D eigenvalue weighted by Crippen LogP contribution is 2.15. The molecule has 0 unspecified atom stereocenters. The maximum absolute atomic E-state index is 11.7. The van der Waals surface area contributed by atoms with Crippen LogP contribution in [0.1, 0.15) is 19.3 Å². The van der Waals surface area contributed by atoms with Crippen molar-refractivity contribution in [2.75, 3.05) is 25.0 Å². The van der Waals surface area contributed by atoms with E-state index in [0.29, 0.717) is 11.4 Å². The number of benzene rings is 1. The minimum Gasteiger partial charge on any atom is -0.326 e. The van der Waals surface area contributed by atoms with Gasteiger partial charge >= 0.3 is 0 Å². The highest BCUT2D eigenvalue weighted by Gasteiger charge is 2.12. The van der Waals surface area contributed by atoms with E-state index in [1.807, 2.05) is 12.1 Å². The molecule has 0 spiro atoms. The van der Waals surface area contributed by atoms with Gasteiger partial charge < -0.3 is 10.2 Å². The van der Waals surface area contributed by atoms with Crippen molar-refractivity contribution in [2.45, 2.75) is 19.3 Å². The Morgan fingerprint density at radius 1 is 1.35 bits per heavy atom. The first kappa shape index (κ1) is 12.4. The summed E-state index contributed by atoms with van der Waals surface area (Å²) in [5, 5.41) is 3.50. The molecular formula is C13H17ClN2O. The van der Waals surface area contributed by atoms with E-state index in [-0.39, 0.29) is 5.91 Å². The average Bonchev–Trinajstić information content (AvgIpc) is 2.79. The first-order valence-corrected chi connectivity index (χ1v) is 6.39. The number of amides is 1. The molecule has 1 aliphatic rings. The van der Waals surface area contributed by atoms with Crippen LogP contribution in [0.4, 0.5) is 5.69 Å². The van der Waals surface area contributed by atoms with Crippen molar-refractivity contribution in [1.82, 2.24) is 4.90 Å². The maximum Gasteiger partial charge on any atom is 0.225 e. The molecule has 0 aliphatic carbocycles. The van der Waals surface area contributed by atoms with Gasteiger partial charge in [-0.05, 0) is 44.1 Å². The number of halogens is 1. The molecule has 92 valence electrons. The van der Waals surface area contributed by atoms with E-state index in [9.17, 15) is 4.79 Å². The van der Waals surface area contributed by atoms with Crippen molar-refractivity contribution in [3.8, 4) is 0 Å². The lowest BCUT2D eigenvalue weighted by Crippen LogP contribution is -2.25. The van der Waals surface area contributed by atoms with Gasteiger partial charge in [-0.25, -0.2) is 0 Å². The summed E-state index contributed by atoms with van der Waals surface area (Å²) in [4.78, 5) is 14.0. The molecule has 17 heavy (non-hydrogen) atoms. The van der Waals surface area contributed by atoms with E-state index in [2.05, 4.69) is 10.2 Å². The molecule has 1 aliphatic heterocycles. The van der Waals surface area contributed by atoms with Gasteiger partial charge in [0.15, 0.2) is 0 Å². The molecule has 1 saturated heterocycles. The van der Waals surface area contributed by atoms with Gasteiger partial charge in [0.05, 0.1) is 0 Å². The molecular weight excluding hydrogens is 236 g/mol. The number of rotatable bonds is 4. The van der Waals surface area contributed by atoms with Crippen LogP contribution in [0.5, 0.6) is 0 Å². The van der Waals surface area contributed by atoms with Crippen molar-refractivity contribution in [3.05, 3.63) is 29.3 Å². The predicted octanol–water partition coefficient (Wildman–Crippen LogP) is 2.76. The number of hydrogen-bond acceptors (Lipinski definition) is 2. The zero-order valence-electron chi connectivity index (χ0n) is 9.79. The van der Waals surface area contributed by atoms with Crippen LogP contribution in [0, 0.1) is 0 Å². The van der Waals surface area contributed by atoms with Gasteiger partial charge in [0.2, 0.25) is 5.91 Å². The van der Waals surface area contributed by atoms with Gasteiger partial charge in [0.25, 0.3) is 0 Å². The van der Waals surface area contributed by atoms with Crippen LogP contribution in [0.15, 0.2) is 24.3 Å². The average molecular weight is 253 g/mol. The van der Waals surface area contributed by atoms with Crippen molar-refractivity contribution < 1.29 is 4.79 Å². The summed E-state index contributed by atoms with van der Waals surface area (Å²) in [6.07, 6.45) is 3.07. The van der Waals surface area contributed by atoms with E-state index in [4.69, 9.17) is 11.6 Å². The molecule has 1 N–H and O–H groups in total. The Labute approximate surface area is 107 Å². The number of nitrogens with one attached hydrogen (secondary N) is 1. The van der Waals surface area contributed by atoms with E-state index in [1.165, 1.54) is 12.8 Å². The maximum atomic E-state index is 11.7. The smallest absolute Gasteiger partial charge is 0.225 e. The Balaban J connectivity index is 1.76. The number of hydrogen-bond donors (Lipinski definition) is 1. The van der Waals surface area contributed by atoms with E-state index in [0.717, 1.165) is 25.3 Å². The summed E-state index contributed by atoms with van der Waals surface area (Å²) in [6, 6.07) is 7.23. The fraction of sp³-hybridized carbons (Fsp3) is 0.462. The van der Waals surface area contributed by atoms with Crippen LogP contribution >= 0.6 is 11.6 Å². The molecule has 1 aromatic rings. The second-order valence-electron chi connectivity index (χ2n) is 4.36. The number of nitrogens with zero attached hydrogens (tertiary/aromatic N) is 1.